The largest absolute Gasteiger partial charge is 0.466 e. The van der Waals surface area contributed by atoms with Gasteiger partial charge in [-0.15, -0.1) is 0 Å². The molecule has 0 N–H and O–H groups in total. The predicted octanol–water partition coefficient (Wildman–Crippen LogP) is 7.84. The quantitative estimate of drug-likeness (QED) is 0.177. The summed E-state index contributed by atoms with van der Waals surface area (Å²) in [5.41, 5.74) is 7.90. The standard InChI is InChI=1S/C35H37NO5/c1-4-38-33(37)21-35(17-18-35)29-14-12-27(13-15-29)26-8-10-28(11-9-26)34-30(24(3)36-41-34)19-23(2)5-6-25-7-16-31-32(20-25)40-22-39-31/h7-16,20,23H,4-6,17-19,21-22H2,1-3H3. The van der Waals surface area contributed by atoms with E-state index in [4.69, 9.17) is 18.7 Å². The first-order chi connectivity index (χ1) is 19.9. The van der Waals surface area contributed by atoms with Crippen molar-refractivity contribution in [2.45, 2.75) is 64.7 Å². The van der Waals surface area contributed by atoms with Crippen LogP contribution in [0.4, 0.5) is 0 Å². The Morgan fingerprint density at radius 3 is 2.34 bits per heavy atom. The second kappa shape index (κ2) is 11.4. The lowest BCUT2D eigenvalue weighted by molar-refractivity contribution is -0.143. The molecular weight excluding hydrogens is 514 g/mol. The van der Waals surface area contributed by atoms with E-state index in [1.165, 1.54) is 16.7 Å². The summed E-state index contributed by atoms with van der Waals surface area (Å²) in [7, 11) is 0. The highest BCUT2D eigenvalue weighted by atomic mass is 16.7. The van der Waals surface area contributed by atoms with Crippen LogP contribution < -0.4 is 9.47 Å². The summed E-state index contributed by atoms with van der Waals surface area (Å²) >= 11 is 0. The molecule has 3 aromatic carbocycles. The lowest BCUT2D eigenvalue weighted by Gasteiger charge is -2.15. The topological polar surface area (TPSA) is 70.8 Å². The van der Waals surface area contributed by atoms with Gasteiger partial charge in [0.05, 0.1) is 18.7 Å². The Balaban J connectivity index is 1.10. The Bertz CT molecular complexity index is 1520. The number of ether oxygens (including phenoxy) is 3. The van der Waals surface area contributed by atoms with Crippen molar-refractivity contribution in [3.63, 3.8) is 0 Å². The summed E-state index contributed by atoms with van der Waals surface area (Å²) < 4.78 is 22.0. The molecule has 41 heavy (non-hydrogen) atoms. The molecule has 0 saturated heterocycles. The molecule has 6 rings (SSSR count). The minimum Gasteiger partial charge on any atom is -0.466 e. The average Bonchev–Trinajstić information content (AvgIpc) is 3.45. The molecule has 0 radical (unpaired) electrons. The molecule has 1 aliphatic heterocycles. The molecule has 0 amide bonds. The molecular formula is C35H37NO5. The maximum absolute atomic E-state index is 12.1. The molecule has 1 aliphatic carbocycles. The average molecular weight is 552 g/mol. The zero-order chi connectivity index (χ0) is 28.4. The van der Waals surface area contributed by atoms with Crippen molar-refractivity contribution in [2.24, 2.45) is 5.92 Å². The molecule has 1 aromatic heterocycles. The highest BCUT2D eigenvalue weighted by Crippen LogP contribution is 2.51. The number of fused-ring (bicyclic) bond motifs is 1. The van der Waals surface area contributed by atoms with Crippen LogP contribution in [0, 0.1) is 12.8 Å². The fraction of sp³-hybridized carbons (Fsp3) is 0.371. The summed E-state index contributed by atoms with van der Waals surface area (Å²) in [5.74, 6) is 2.88. The van der Waals surface area contributed by atoms with Crippen LogP contribution in [0.25, 0.3) is 22.5 Å². The highest BCUT2D eigenvalue weighted by Gasteiger charge is 2.46. The number of benzene rings is 3. The van der Waals surface area contributed by atoms with Gasteiger partial charge in [0.15, 0.2) is 17.3 Å². The molecule has 2 aliphatic rings. The van der Waals surface area contributed by atoms with Gasteiger partial charge in [0, 0.05) is 16.5 Å². The fourth-order valence-corrected chi connectivity index (χ4v) is 5.85. The van der Waals surface area contributed by atoms with Crippen molar-refractivity contribution < 1.29 is 23.5 Å². The molecule has 2 heterocycles. The number of esters is 1. The first kappa shape index (κ1) is 27.1. The van der Waals surface area contributed by atoms with E-state index in [-0.39, 0.29) is 11.4 Å². The second-order valence-corrected chi connectivity index (χ2v) is 11.5. The third-order valence-corrected chi connectivity index (χ3v) is 8.52. The van der Waals surface area contributed by atoms with Gasteiger partial charge in [0.25, 0.3) is 0 Å². The zero-order valence-corrected chi connectivity index (χ0v) is 24.1. The van der Waals surface area contributed by atoms with Crippen LogP contribution in [-0.4, -0.2) is 24.5 Å². The molecule has 1 unspecified atom stereocenters. The van der Waals surface area contributed by atoms with Gasteiger partial charge in [-0.1, -0.05) is 66.7 Å². The van der Waals surface area contributed by atoms with E-state index in [1.807, 2.05) is 19.9 Å². The lowest BCUT2D eigenvalue weighted by atomic mass is 9.90. The smallest absolute Gasteiger partial charge is 0.306 e. The molecule has 6 heteroatoms. The van der Waals surface area contributed by atoms with E-state index in [2.05, 4.69) is 72.7 Å². The molecule has 1 saturated carbocycles. The Morgan fingerprint density at radius 2 is 1.63 bits per heavy atom. The van der Waals surface area contributed by atoms with Crippen molar-refractivity contribution in [1.29, 1.82) is 0 Å². The number of carbonyl (C=O) groups is 1. The minimum atomic E-state index is -0.106. The highest BCUT2D eigenvalue weighted by molar-refractivity contribution is 5.73. The summed E-state index contributed by atoms with van der Waals surface area (Å²) in [5, 5.41) is 4.32. The van der Waals surface area contributed by atoms with E-state index >= 15 is 0 Å². The number of hydrogen-bond donors (Lipinski definition) is 0. The van der Waals surface area contributed by atoms with E-state index in [1.54, 1.807) is 0 Å². The zero-order valence-electron chi connectivity index (χ0n) is 24.1. The number of hydrogen-bond acceptors (Lipinski definition) is 6. The molecule has 212 valence electrons. The molecule has 0 bridgehead atoms. The Kier molecular flexibility index (Phi) is 7.57. The maximum atomic E-state index is 12.1. The second-order valence-electron chi connectivity index (χ2n) is 11.5. The van der Waals surface area contributed by atoms with Crippen LogP contribution in [0.5, 0.6) is 11.5 Å². The first-order valence-electron chi connectivity index (χ1n) is 14.6. The van der Waals surface area contributed by atoms with Crippen LogP contribution >= 0.6 is 0 Å². The van der Waals surface area contributed by atoms with Crippen LogP contribution in [0.1, 0.15) is 61.9 Å². The number of nitrogens with zero attached hydrogens (tertiary/aromatic N) is 1. The van der Waals surface area contributed by atoms with Gasteiger partial charge in [0.2, 0.25) is 6.79 Å². The molecule has 6 nitrogen and oxygen atoms in total. The fourth-order valence-electron chi connectivity index (χ4n) is 5.85. The van der Waals surface area contributed by atoms with Crippen molar-refractivity contribution in [1.82, 2.24) is 5.16 Å². The van der Waals surface area contributed by atoms with Crippen molar-refractivity contribution >= 4 is 5.97 Å². The first-order valence-corrected chi connectivity index (χ1v) is 14.6. The van der Waals surface area contributed by atoms with Gasteiger partial charge in [0.1, 0.15) is 0 Å². The van der Waals surface area contributed by atoms with E-state index in [0.717, 1.165) is 71.7 Å². The van der Waals surface area contributed by atoms with Gasteiger partial charge in [-0.3, -0.25) is 4.79 Å². The SMILES string of the molecule is CCOC(=O)CC1(c2ccc(-c3ccc(-c4onc(C)c4CC(C)CCc4ccc5c(c4)OCO5)cc3)cc2)CC1. The third kappa shape index (κ3) is 5.88. The summed E-state index contributed by atoms with van der Waals surface area (Å²) in [6.45, 7) is 6.90. The van der Waals surface area contributed by atoms with E-state index in [9.17, 15) is 4.79 Å². The molecule has 1 atom stereocenters. The molecule has 1 fully saturated rings. The Morgan fingerprint density at radius 1 is 0.951 bits per heavy atom. The van der Waals surface area contributed by atoms with Crippen molar-refractivity contribution in [3.8, 4) is 33.9 Å². The van der Waals surface area contributed by atoms with Gasteiger partial charge in [-0.05, 0) is 86.3 Å². The predicted molar refractivity (Wildman–Crippen MR) is 158 cm³/mol. The van der Waals surface area contributed by atoms with Crippen LogP contribution in [0.15, 0.2) is 71.3 Å². The normalized spacial score (nSPS) is 15.5. The number of aromatic nitrogens is 1. The van der Waals surface area contributed by atoms with Crippen LogP contribution in [0.3, 0.4) is 0 Å². The van der Waals surface area contributed by atoms with Gasteiger partial charge in [-0.2, -0.15) is 0 Å². The summed E-state index contributed by atoms with van der Waals surface area (Å²) in [6.07, 6.45) is 5.48. The Hall–Kier alpha value is -4.06. The maximum Gasteiger partial charge on any atom is 0.306 e. The number of aryl methyl sites for hydroxylation is 2. The summed E-state index contributed by atoms with van der Waals surface area (Å²) in [4.78, 5) is 12.1. The van der Waals surface area contributed by atoms with Crippen LogP contribution in [-0.2, 0) is 27.8 Å². The summed E-state index contributed by atoms with van der Waals surface area (Å²) in [6, 6.07) is 23.4. The van der Waals surface area contributed by atoms with E-state index in [0.29, 0.717) is 25.7 Å². The molecule has 4 aromatic rings. The lowest BCUT2D eigenvalue weighted by Crippen LogP contribution is -2.15. The van der Waals surface area contributed by atoms with Crippen LogP contribution in [0.2, 0.25) is 0 Å². The van der Waals surface area contributed by atoms with E-state index < -0.39 is 0 Å². The molecule has 0 spiro atoms. The number of carbonyl (C=O) groups excluding carboxylic acids is 1. The number of rotatable bonds is 11. The van der Waals surface area contributed by atoms with Gasteiger partial charge in [-0.25, -0.2) is 0 Å². The Labute approximate surface area is 241 Å². The third-order valence-electron chi connectivity index (χ3n) is 8.52. The monoisotopic (exact) mass is 551 g/mol. The van der Waals surface area contributed by atoms with Gasteiger partial charge >= 0.3 is 5.97 Å². The van der Waals surface area contributed by atoms with Crippen molar-refractivity contribution in [2.75, 3.05) is 13.4 Å². The minimum absolute atomic E-state index is 0.0448. The van der Waals surface area contributed by atoms with Crippen molar-refractivity contribution in [3.05, 3.63) is 89.1 Å². The van der Waals surface area contributed by atoms with Gasteiger partial charge < -0.3 is 18.7 Å².